The van der Waals surface area contributed by atoms with Gasteiger partial charge in [0.1, 0.15) is 6.61 Å². The average Bonchev–Trinajstić information content (AvgIpc) is 2.73. The third-order valence-corrected chi connectivity index (χ3v) is 5.23. The Morgan fingerprint density at radius 1 is 0.897 bits per heavy atom. The van der Waals surface area contributed by atoms with Crippen LogP contribution in [0.3, 0.4) is 0 Å². The second-order valence-corrected chi connectivity index (χ2v) is 7.56. The summed E-state index contributed by atoms with van der Waals surface area (Å²) >= 11 is 12.3. The summed E-state index contributed by atoms with van der Waals surface area (Å²) in [4.78, 5) is 0. The second kappa shape index (κ2) is 10.5. The van der Waals surface area contributed by atoms with Gasteiger partial charge in [-0.1, -0.05) is 71.7 Å². The molecule has 152 valence electrons. The molecule has 0 fully saturated rings. The van der Waals surface area contributed by atoms with Gasteiger partial charge < -0.3 is 14.8 Å². The summed E-state index contributed by atoms with van der Waals surface area (Å²) < 4.78 is 12.0. The molecule has 1 N–H and O–H groups in total. The van der Waals surface area contributed by atoms with E-state index < -0.39 is 0 Å². The van der Waals surface area contributed by atoms with E-state index in [9.17, 15) is 0 Å². The fourth-order valence-corrected chi connectivity index (χ4v) is 3.51. The van der Waals surface area contributed by atoms with Crippen LogP contribution in [0.1, 0.15) is 36.6 Å². The van der Waals surface area contributed by atoms with Gasteiger partial charge in [-0.3, -0.25) is 0 Å². The highest BCUT2D eigenvalue weighted by Gasteiger charge is 2.14. The first-order chi connectivity index (χ1) is 14.1. The van der Waals surface area contributed by atoms with Crippen LogP contribution in [-0.4, -0.2) is 6.61 Å². The lowest BCUT2D eigenvalue weighted by atomic mass is 10.1. The summed E-state index contributed by atoms with van der Waals surface area (Å²) in [5, 5.41) is 4.75. The van der Waals surface area contributed by atoms with Crippen LogP contribution in [0.25, 0.3) is 0 Å². The van der Waals surface area contributed by atoms with Crippen molar-refractivity contribution in [2.24, 2.45) is 0 Å². The minimum Gasteiger partial charge on any atom is -0.490 e. The lowest BCUT2D eigenvalue weighted by Gasteiger charge is -2.19. The fourth-order valence-electron chi connectivity index (χ4n) is 3.04. The summed E-state index contributed by atoms with van der Waals surface area (Å²) in [6, 6.07) is 21.9. The Kier molecular flexibility index (Phi) is 7.82. The van der Waals surface area contributed by atoms with Gasteiger partial charge in [-0.25, -0.2) is 0 Å². The highest BCUT2D eigenvalue weighted by atomic mass is 35.5. The molecule has 0 spiro atoms. The van der Waals surface area contributed by atoms with Crippen molar-refractivity contribution >= 4 is 23.2 Å². The zero-order valence-corrected chi connectivity index (χ0v) is 18.1. The highest BCUT2D eigenvalue weighted by Crippen LogP contribution is 2.33. The van der Waals surface area contributed by atoms with Crippen LogP contribution in [0.5, 0.6) is 11.5 Å². The summed E-state index contributed by atoms with van der Waals surface area (Å²) in [6.07, 6.45) is 0. The minimum atomic E-state index is 0.213. The number of rotatable bonds is 9. The van der Waals surface area contributed by atoms with Gasteiger partial charge >= 0.3 is 0 Å². The van der Waals surface area contributed by atoms with Crippen LogP contribution in [0.15, 0.2) is 66.7 Å². The first-order valence-corrected chi connectivity index (χ1v) is 10.4. The van der Waals surface area contributed by atoms with E-state index in [4.69, 9.17) is 32.7 Å². The van der Waals surface area contributed by atoms with E-state index in [1.807, 2.05) is 55.5 Å². The molecule has 0 radical (unpaired) electrons. The molecule has 1 atom stereocenters. The molecule has 0 amide bonds. The summed E-state index contributed by atoms with van der Waals surface area (Å²) in [7, 11) is 0. The van der Waals surface area contributed by atoms with Gasteiger partial charge in [-0.15, -0.1) is 0 Å². The molecule has 0 aliphatic heterocycles. The Labute approximate surface area is 182 Å². The lowest BCUT2D eigenvalue weighted by molar-refractivity contribution is 0.266. The molecule has 0 aliphatic rings. The molecule has 0 saturated heterocycles. The van der Waals surface area contributed by atoms with E-state index in [-0.39, 0.29) is 6.04 Å². The Morgan fingerprint density at radius 2 is 1.69 bits per heavy atom. The van der Waals surface area contributed by atoms with E-state index in [0.717, 1.165) is 22.6 Å². The number of hydrogen-bond donors (Lipinski definition) is 1. The molecule has 0 unspecified atom stereocenters. The van der Waals surface area contributed by atoms with Crippen LogP contribution >= 0.6 is 23.2 Å². The van der Waals surface area contributed by atoms with Gasteiger partial charge in [0.25, 0.3) is 0 Å². The van der Waals surface area contributed by atoms with Crippen LogP contribution < -0.4 is 14.8 Å². The minimum absolute atomic E-state index is 0.213. The van der Waals surface area contributed by atoms with Gasteiger partial charge in [0.2, 0.25) is 0 Å². The molecule has 3 aromatic carbocycles. The van der Waals surface area contributed by atoms with E-state index in [1.165, 1.54) is 5.56 Å². The molecule has 0 bridgehead atoms. The van der Waals surface area contributed by atoms with E-state index in [2.05, 4.69) is 24.4 Å². The fraction of sp³-hybridized carbons (Fsp3) is 0.250. The number of para-hydroxylation sites is 1. The van der Waals surface area contributed by atoms with Crippen molar-refractivity contribution in [1.29, 1.82) is 0 Å². The summed E-state index contributed by atoms with van der Waals surface area (Å²) in [5.74, 6) is 1.46. The van der Waals surface area contributed by atoms with E-state index >= 15 is 0 Å². The predicted molar refractivity (Wildman–Crippen MR) is 120 cm³/mol. The van der Waals surface area contributed by atoms with Crippen molar-refractivity contribution in [3.63, 3.8) is 0 Å². The predicted octanol–water partition coefficient (Wildman–Crippen LogP) is 6.82. The smallest absolute Gasteiger partial charge is 0.166 e. The normalized spacial score (nSPS) is 11.9. The Bertz CT molecular complexity index is 931. The Balaban J connectivity index is 1.77. The van der Waals surface area contributed by atoms with Gasteiger partial charge in [0, 0.05) is 33.8 Å². The number of benzene rings is 3. The van der Waals surface area contributed by atoms with Crippen molar-refractivity contribution in [2.75, 3.05) is 6.61 Å². The molecule has 5 heteroatoms. The molecular formula is C24H25Cl2NO2. The molecule has 3 aromatic rings. The summed E-state index contributed by atoms with van der Waals surface area (Å²) in [6.45, 7) is 5.66. The van der Waals surface area contributed by atoms with Crippen LogP contribution in [0.2, 0.25) is 10.0 Å². The van der Waals surface area contributed by atoms with Crippen molar-refractivity contribution in [3.8, 4) is 11.5 Å². The largest absolute Gasteiger partial charge is 0.490 e. The monoisotopic (exact) mass is 429 g/mol. The van der Waals surface area contributed by atoms with Crippen LogP contribution in [-0.2, 0) is 13.2 Å². The van der Waals surface area contributed by atoms with E-state index in [0.29, 0.717) is 29.8 Å². The van der Waals surface area contributed by atoms with E-state index in [1.54, 1.807) is 6.07 Å². The first kappa shape index (κ1) is 21.5. The SMILES string of the molecule is CCOc1cccc(CN[C@@H](C)c2ccccc2)c1OCc1ccc(Cl)cc1Cl. The van der Waals surface area contributed by atoms with Gasteiger partial charge in [0.05, 0.1) is 6.61 Å². The number of nitrogens with one attached hydrogen (secondary N) is 1. The van der Waals surface area contributed by atoms with Crippen LogP contribution in [0, 0.1) is 0 Å². The summed E-state index contributed by atoms with van der Waals surface area (Å²) in [5.41, 5.74) is 3.15. The zero-order chi connectivity index (χ0) is 20.6. The quantitative estimate of drug-likeness (QED) is 0.404. The maximum absolute atomic E-state index is 6.30. The Morgan fingerprint density at radius 3 is 2.41 bits per heavy atom. The lowest BCUT2D eigenvalue weighted by Crippen LogP contribution is -2.18. The van der Waals surface area contributed by atoms with Crippen molar-refractivity contribution in [3.05, 3.63) is 93.5 Å². The number of ether oxygens (including phenoxy) is 2. The van der Waals surface area contributed by atoms with Crippen molar-refractivity contribution in [1.82, 2.24) is 5.32 Å². The highest BCUT2D eigenvalue weighted by molar-refractivity contribution is 6.35. The third kappa shape index (κ3) is 5.89. The third-order valence-electron chi connectivity index (χ3n) is 4.65. The number of hydrogen-bond acceptors (Lipinski definition) is 3. The van der Waals surface area contributed by atoms with Crippen molar-refractivity contribution in [2.45, 2.75) is 33.0 Å². The molecule has 0 aliphatic carbocycles. The molecule has 3 rings (SSSR count). The topological polar surface area (TPSA) is 30.5 Å². The van der Waals surface area contributed by atoms with Gasteiger partial charge in [-0.05, 0) is 37.6 Å². The molecule has 29 heavy (non-hydrogen) atoms. The molecule has 0 aromatic heterocycles. The maximum Gasteiger partial charge on any atom is 0.166 e. The first-order valence-electron chi connectivity index (χ1n) is 9.68. The van der Waals surface area contributed by atoms with Gasteiger partial charge in [-0.2, -0.15) is 0 Å². The molecule has 0 saturated carbocycles. The second-order valence-electron chi connectivity index (χ2n) is 6.72. The van der Waals surface area contributed by atoms with Gasteiger partial charge in [0.15, 0.2) is 11.5 Å². The maximum atomic E-state index is 6.30. The van der Waals surface area contributed by atoms with Crippen molar-refractivity contribution < 1.29 is 9.47 Å². The average molecular weight is 430 g/mol. The number of halogens is 2. The molecule has 0 heterocycles. The standard InChI is InChI=1S/C24H25Cl2NO2/c1-3-28-23-11-7-10-19(15-27-17(2)18-8-5-4-6-9-18)24(23)29-16-20-12-13-21(25)14-22(20)26/h4-14,17,27H,3,15-16H2,1-2H3/t17-/m0/s1. The molecule has 3 nitrogen and oxygen atoms in total. The Hall–Kier alpha value is -2.20. The molecular weight excluding hydrogens is 405 g/mol. The van der Waals surface area contributed by atoms with Crippen LogP contribution in [0.4, 0.5) is 0 Å². The zero-order valence-electron chi connectivity index (χ0n) is 16.6.